The van der Waals surface area contributed by atoms with Crippen molar-refractivity contribution in [2.24, 2.45) is 0 Å². The fraction of sp³-hybridized carbons (Fsp3) is 0.385. The molecule has 0 saturated heterocycles. The smallest absolute Gasteiger partial charge is 0.132 e. The molecule has 0 aliphatic carbocycles. The van der Waals surface area contributed by atoms with Crippen LogP contribution in [0.5, 0.6) is 0 Å². The van der Waals surface area contributed by atoms with Gasteiger partial charge in [-0.05, 0) is 39.0 Å². The number of hydrogen-bond acceptors (Lipinski definition) is 1. The van der Waals surface area contributed by atoms with Gasteiger partial charge in [-0.1, -0.05) is 6.07 Å². The van der Waals surface area contributed by atoms with E-state index in [4.69, 9.17) is 0 Å². The molecule has 0 radical (unpaired) electrons. The lowest BCUT2D eigenvalue weighted by atomic mass is 10.2. The number of fused-ring (bicyclic) bond motifs is 1. The summed E-state index contributed by atoms with van der Waals surface area (Å²) < 4.78 is 15.6. The average molecular weight is 221 g/mol. The van der Waals surface area contributed by atoms with Gasteiger partial charge in [0.15, 0.2) is 0 Å². The van der Waals surface area contributed by atoms with Gasteiger partial charge in [0, 0.05) is 17.1 Å². The van der Waals surface area contributed by atoms with Crippen LogP contribution in [-0.4, -0.2) is 9.67 Å². The molecule has 1 heterocycles. The monoisotopic (exact) mass is 221 g/mol. The quantitative estimate of drug-likeness (QED) is 0.826. The number of hydrogen-bond donors (Lipinski definition) is 1. The van der Waals surface area contributed by atoms with Crippen molar-refractivity contribution in [3.05, 3.63) is 35.8 Å². The van der Waals surface area contributed by atoms with Gasteiger partial charge in [-0.15, -0.1) is 0 Å². The van der Waals surface area contributed by atoms with Gasteiger partial charge in [0.25, 0.3) is 0 Å². The molecule has 1 aromatic heterocycles. The third-order valence-corrected chi connectivity index (χ3v) is 2.80. The van der Waals surface area contributed by atoms with Gasteiger partial charge in [0.05, 0.1) is 11.6 Å². The SMILES string of the molecule is CC(O)c1cc2c(F)cccc2n1C(C)C. The molecule has 16 heavy (non-hydrogen) atoms. The summed E-state index contributed by atoms with van der Waals surface area (Å²) in [6, 6.07) is 6.95. The molecule has 0 amide bonds. The maximum absolute atomic E-state index is 13.6. The summed E-state index contributed by atoms with van der Waals surface area (Å²) in [5, 5.41) is 10.3. The van der Waals surface area contributed by atoms with Crippen LogP contribution in [0, 0.1) is 5.82 Å². The van der Waals surface area contributed by atoms with Gasteiger partial charge in [-0.25, -0.2) is 4.39 Å². The Balaban J connectivity index is 2.81. The first-order chi connectivity index (χ1) is 7.52. The second-order valence-electron chi connectivity index (χ2n) is 4.38. The number of rotatable bonds is 2. The van der Waals surface area contributed by atoms with Gasteiger partial charge in [0.2, 0.25) is 0 Å². The molecule has 1 atom stereocenters. The Labute approximate surface area is 94.3 Å². The van der Waals surface area contributed by atoms with E-state index >= 15 is 0 Å². The number of nitrogens with zero attached hydrogens (tertiary/aromatic N) is 1. The zero-order chi connectivity index (χ0) is 11.9. The Kier molecular flexibility index (Phi) is 2.72. The standard InChI is InChI=1S/C13H16FNO/c1-8(2)15-12-6-4-5-11(14)10(12)7-13(15)9(3)16/h4-9,16H,1-3H3. The first kappa shape index (κ1) is 11.1. The van der Waals surface area contributed by atoms with E-state index in [1.54, 1.807) is 19.1 Å². The van der Waals surface area contributed by atoms with Crippen molar-refractivity contribution in [3.63, 3.8) is 0 Å². The highest BCUT2D eigenvalue weighted by Crippen LogP contribution is 2.29. The van der Waals surface area contributed by atoms with Crippen molar-refractivity contribution in [2.75, 3.05) is 0 Å². The molecule has 2 aromatic rings. The van der Waals surface area contributed by atoms with Gasteiger partial charge in [-0.2, -0.15) is 0 Å². The average Bonchev–Trinajstić information content (AvgIpc) is 2.58. The highest BCUT2D eigenvalue weighted by atomic mass is 19.1. The van der Waals surface area contributed by atoms with Crippen molar-refractivity contribution in [2.45, 2.75) is 32.9 Å². The predicted molar refractivity (Wildman–Crippen MR) is 62.9 cm³/mol. The molecule has 3 heteroatoms. The molecule has 0 saturated carbocycles. The first-order valence-electron chi connectivity index (χ1n) is 5.49. The van der Waals surface area contributed by atoms with E-state index in [0.29, 0.717) is 5.39 Å². The molecule has 0 bridgehead atoms. The van der Waals surface area contributed by atoms with Crippen LogP contribution in [0.25, 0.3) is 10.9 Å². The van der Waals surface area contributed by atoms with E-state index in [0.717, 1.165) is 11.2 Å². The molecular formula is C13H16FNO. The van der Waals surface area contributed by atoms with Crippen molar-refractivity contribution in [3.8, 4) is 0 Å². The summed E-state index contributed by atoms with van der Waals surface area (Å²) >= 11 is 0. The molecule has 2 nitrogen and oxygen atoms in total. The van der Waals surface area contributed by atoms with Crippen LogP contribution < -0.4 is 0 Å². The van der Waals surface area contributed by atoms with Crippen LogP contribution in [0.2, 0.25) is 0 Å². The molecule has 0 spiro atoms. The zero-order valence-corrected chi connectivity index (χ0v) is 9.74. The summed E-state index contributed by atoms with van der Waals surface area (Å²) in [5.41, 5.74) is 1.60. The van der Waals surface area contributed by atoms with Gasteiger partial charge in [-0.3, -0.25) is 0 Å². The number of benzene rings is 1. The third-order valence-electron chi connectivity index (χ3n) is 2.80. The van der Waals surface area contributed by atoms with Gasteiger partial charge < -0.3 is 9.67 Å². The van der Waals surface area contributed by atoms with Gasteiger partial charge >= 0.3 is 0 Å². The number of aliphatic hydroxyl groups excluding tert-OH is 1. The lowest BCUT2D eigenvalue weighted by Gasteiger charge is -2.16. The summed E-state index contributed by atoms with van der Waals surface area (Å²) in [6.07, 6.45) is -0.589. The molecule has 0 aliphatic heterocycles. The highest BCUT2D eigenvalue weighted by molar-refractivity contribution is 5.82. The first-order valence-corrected chi connectivity index (χ1v) is 5.49. The second kappa shape index (κ2) is 3.91. The van der Waals surface area contributed by atoms with Gasteiger partial charge in [0.1, 0.15) is 5.82 Å². The molecule has 2 rings (SSSR count). The molecule has 86 valence electrons. The summed E-state index contributed by atoms with van der Waals surface area (Å²) in [6.45, 7) is 5.75. The lowest BCUT2D eigenvalue weighted by Crippen LogP contribution is -2.07. The number of aromatic nitrogens is 1. The lowest BCUT2D eigenvalue weighted by molar-refractivity contribution is 0.188. The minimum absolute atomic E-state index is 0.198. The van der Waals surface area contributed by atoms with E-state index in [1.165, 1.54) is 6.07 Å². The highest BCUT2D eigenvalue weighted by Gasteiger charge is 2.16. The Morgan fingerprint density at radius 1 is 1.25 bits per heavy atom. The van der Waals surface area contributed by atoms with Crippen molar-refractivity contribution in [1.82, 2.24) is 4.57 Å². The number of aliphatic hydroxyl groups is 1. The maximum atomic E-state index is 13.6. The minimum atomic E-state index is -0.589. The van der Waals surface area contributed by atoms with Crippen LogP contribution in [0.1, 0.15) is 38.6 Å². The maximum Gasteiger partial charge on any atom is 0.132 e. The predicted octanol–water partition coefficient (Wildman–Crippen LogP) is 3.41. The van der Waals surface area contributed by atoms with Crippen molar-refractivity contribution >= 4 is 10.9 Å². The summed E-state index contributed by atoms with van der Waals surface area (Å²) in [7, 11) is 0. The van der Waals surface area contributed by atoms with E-state index < -0.39 is 6.10 Å². The Morgan fingerprint density at radius 2 is 1.94 bits per heavy atom. The van der Waals surface area contributed by atoms with Crippen LogP contribution in [-0.2, 0) is 0 Å². The largest absolute Gasteiger partial charge is 0.387 e. The molecule has 1 unspecified atom stereocenters. The Bertz CT molecular complexity index is 514. The molecular weight excluding hydrogens is 205 g/mol. The molecule has 0 aliphatic rings. The fourth-order valence-electron chi connectivity index (χ4n) is 2.13. The zero-order valence-electron chi connectivity index (χ0n) is 9.74. The molecule has 0 fully saturated rings. The molecule has 1 aromatic carbocycles. The van der Waals surface area contributed by atoms with E-state index in [2.05, 4.69) is 0 Å². The Hall–Kier alpha value is -1.35. The van der Waals surface area contributed by atoms with E-state index in [9.17, 15) is 9.50 Å². The minimum Gasteiger partial charge on any atom is -0.387 e. The van der Waals surface area contributed by atoms with Crippen LogP contribution in [0.15, 0.2) is 24.3 Å². The van der Waals surface area contributed by atoms with Crippen LogP contribution in [0.3, 0.4) is 0 Å². The second-order valence-corrected chi connectivity index (χ2v) is 4.38. The fourth-order valence-corrected chi connectivity index (χ4v) is 2.13. The summed E-state index contributed by atoms with van der Waals surface area (Å²) in [4.78, 5) is 0. The normalized spacial score (nSPS) is 13.6. The van der Waals surface area contributed by atoms with Crippen molar-refractivity contribution in [1.29, 1.82) is 0 Å². The Morgan fingerprint density at radius 3 is 2.50 bits per heavy atom. The van der Waals surface area contributed by atoms with E-state index in [-0.39, 0.29) is 11.9 Å². The summed E-state index contributed by atoms with van der Waals surface area (Å²) in [5.74, 6) is -0.237. The number of halogens is 1. The molecule has 1 N–H and O–H groups in total. The van der Waals surface area contributed by atoms with E-state index in [1.807, 2.05) is 24.5 Å². The van der Waals surface area contributed by atoms with Crippen LogP contribution >= 0.6 is 0 Å². The van der Waals surface area contributed by atoms with Crippen LogP contribution in [0.4, 0.5) is 4.39 Å². The third kappa shape index (κ3) is 1.61. The topological polar surface area (TPSA) is 25.2 Å². The van der Waals surface area contributed by atoms with Crippen molar-refractivity contribution < 1.29 is 9.50 Å².